The number of aliphatic hydroxyl groups is 1. The third-order valence-electron chi connectivity index (χ3n) is 12.4. The first-order valence-corrected chi connectivity index (χ1v) is 22.2. The molecule has 1 aliphatic heterocycles. The zero-order chi connectivity index (χ0) is 47.0. The fraction of sp³-hybridized carbons (Fsp3) is 0.733. The molecule has 62 heavy (non-hydrogen) atoms. The van der Waals surface area contributed by atoms with E-state index in [4.69, 9.17) is 20.9 Å². The van der Waals surface area contributed by atoms with Gasteiger partial charge in [-0.3, -0.25) is 24.0 Å². The van der Waals surface area contributed by atoms with Gasteiger partial charge in [0.1, 0.15) is 12.1 Å². The van der Waals surface area contributed by atoms with Crippen molar-refractivity contribution in [2.45, 2.75) is 148 Å². The second-order valence-electron chi connectivity index (χ2n) is 17.7. The van der Waals surface area contributed by atoms with Crippen LogP contribution < -0.4 is 27.4 Å². The lowest BCUT2D eigenvalue weighted by atomic mass is 9.89. The van der Waals surface area contributed by atoms with Crippen LogP contribution in [0.2, 0.25) is 0 Å². The molecule has 0 radical (unpaired) electrons. The molecule has 2 rings (SSSR count). The van der Waals surface area contributed by atoms with Gasteiger partial charge in [0.05, 0.1) is 54.8 Å². The van der Waals surface area contributed by atoms with Crippen molar-refractivity contribution < 1.29 is 43.3 Å². The molecule has 11 atom stereocenters. The fourth-order valence-electron chi connectivity index (χ4n) is 8.63. The van der Waals surface area contributed by atoms with Crippen LogP contribution in [0.15, 0.2) is 30.3 Å². The molecule has 7 amide bonds. The largest absolute Gasteiger partial charge is 0.386 e. The van der Waals surface area contributed by atoms with Gasteiger partial charge >= 0.3 is 6.03 Å². The number of carbonyl (C=O) groups is 6. The third-order valence-corrected chi connectivity index (χ3v) is 12.4. The molecule has 1 aromatic rings. The Morgan fingerprint density at radius 2 is 1.52 bits per heavy atom. The fourth-order valence-corrected chi connectivity index (χ4v) is 8.63. The summed E-state index contributed by atoms with van der Waals surface area (Å²) in [7, 11) is 6.22. The standard InChI is InChI=1S/C45H78N8O9/c1-13-28(6)38(52(10)44(59)36(26(2)3)50-42(57)37(27(4)5)51(9)43(58)32(46)21-17-23-48-45(47)60)34(61-11)25-35(54)53-24-18-22-33(53)40(62-12)29(7)41(56)49-30(8)39(55)31-19-15-14-16-20-31/h14-16,19-20,26-30,32-34,36-40,55H,13,17-18,21-25,46H2,1-12H3,(H,49,56)(H,50,57)(H3,47,48,60)/t28-,29+,30+,32-,33-,34+,36-,37-,38-,39+,40+/m0/s1. The van der Waals surface area contributed by atoms with Gasteiger partial charge in [-0.15, -0.1) is 0 Å². The maximum Gasteiger partial charge on any atom is 0.312 e. The monoisotopic (exact) mass is 875 g/mol. The molecule has 1 aliphatic rings. The topological polar surface area (TPSA) is 239 Å². The summed E-state index contributed by atoms with van der Waals surface area (Å²) in [4.78, 5) is 85.4. The number of hydrogen-bond donors (Lipinski definition) is 6. The minimum atomic E-state index is -0.972. The summed E-state index contributed by atoms with van der Waals surface area (Å²) in [5, 5.41) is 19.2. The predicted octanol–water partition coefficient (Wildman–Crippen LogP) is 2.54. The number of hydrogen-bond acceptors (Lipinski definition) is 10. The van der Waals surface area contributed by atoms with Crippen molar-refractivity contribution in [3.63, 3.8) is 0 Å². The molecule has 0 aromatic heterocycles. The summed E-state index contributed by atoms with van der Waals surface area (Å²) in [5.74, 6) is -3.25. The van der Waals surface area contributed by atoms with Gasteiger partial charge in [0, 0.05) is 41.4 Å². The quantitative estimate of drug-likeness (QED) is 0.0786. The first-order valence-electron chi connectivity index (χ1n) is 22.2. The number of urea groups is 1. The van der Waals surface area contributed by atoms with Gasteiger partial charge in [0.25, 0.3) is 0 Å². The number of ether oxygens (including phenoxy) is 2. The van der Waals surface area contributed by atoms with Crippen LogP contribution in [0.3, 0.4) is 0 Å². The molecule has 0 bridgehead atoms. The lowest BCUT2D eigenvalue weighted by Crippen LogP contribution is -2.61. The van der Waals surface area contributed by atoms with Gasteiger partial charge in [0.2, 0.25) is 29.5 Å². The van der Waals surface area contributed by atoms with Crippen molar-refractivity contribution in [3.05, 3.63) is 35.9 Å². The van der Waals surface area contributed by atoms with E-state index in [0.29, 0.717) is 37.8 Å². The van der Waals surface area contributed by atoms with Crippen LogP contribution in [-0.4, -0.2) is 145 Å². The molecule has 1 fully saturated rings. The maximum absolute atomic E-state index is 14.5. The average Bonchev–Trinajstić information content (AvgIpc) is 3.72. The van der Waals surface area contributed by atoms with Crippen LogP contribution >= 0.6 is 0 Å². The minimum Gasteiger partial charge on any atom is -0.386 e. The lowest BCUT2D eigenvalue weighted by Gasteiger charge is -2.41. The molecule has 0 aliphatic carbocycles. The molecule has 8 N–H and O–H groups in total. The second kappa shape index (κ2) is 25.7. The van der Waals surface area contributed by atoms with Crippen LogP contribution in [0.1, 0.15) is 106 Å². The SMILES string of the molecule is CC[C@H](C)[C@@H]([C@@H](CC(=O)N1CCC[C@H]1[C@H](OC)[C@@H](C)C(=O)N[C@H](C)[C@@H](O)c1ccccc1)OC)N(C)C(=O)[C@@H](NC(=O)[C@H](C(C)C)N(C)C(=O)[C@@H](N)CCCNC(N)=O)C(C)C. The van der Waals surface area contributed by atoms with E-state index in [2.05, 4.69) is 16.0 Å². The highest BCUT2D eigenvalue weighted by Crippen LogP contribution is 2.30. The number of likely N-dealkylation sites (tertiary alicyclic amines) is 1. The van der Waals surface area contributed by atoms with Gasteiger partial charge in [0.15, 0.2) is 0 Å². The number of nitrogens with zero attached hydrogens (tertiary/aromatic N) is 3. The number of methoxy groups -OCH3 is 2. The van der Waals surface area contributed by atoms with Gasteiger partial charge in [-0.25, -0.2) is 4.79 Å². The number of nitrogens with two attached hydrogens (primary N) is 2. The number of rotatable bonds is 25. The number of carbonyl (C=O) groups excluding carboxylic acids is 6. The third kappa shape index (κ3) is 14.6. The number of primary amides is 1. The van der Waals surface area contributed by atoms with Gasteiger partial charge in [-0.2, -0.15) is 0 Å². The molecule has 352 valence electrons. The van der Waals surface area contributed by atoms with Crippen LogP contribution in [0.5, 0.6) is 0 Å². The van der Waals surface area contributed by atoms with Crippen molar-refractivity contribution in [3.8, 4) is 0 Å². The normalized spacial score (nSPS) is 19.0. The Kier molecular flexibility index (Phi) is 22.3. The summed E-state index contributed by atoms with van der Waals surface area (Å²) >= 11 is 0. The second-order valence-corrected chi connectivity index (χ2v) is 17.7. The number of nitrogens with one attached hydrogen (secondary N) is 3. The Balaban J connectivity index is 2.26. The zero-order valence-corrected chi connectivity index (χ0v) is 39.3. The minimum absolute atomic E-state index is 0.0448. The molecule has 1 saturated heterocycles. The molecule has 0 spiro atoms. The Bertz CT molecular complexity index is 1600. The smallest absolute Gasteiger partial charge is 0.312 e. The van der Waals surface area contributed by atoms with Crippen LogP contribution in [0.4, 0.5) is 4.79 Å². The Hall–Kier alpha value is -4.32. The molecular weight excluding hydrogens is 797 g/mol. The first-order chi connectivity index (χ1) is 29.1. The van der Waals surface area contributed by atoms with Crippen molar-refractivity contribution >= 4 is 35.6 Å². The van der Waals surface area contributed by atoms with E-state index in [0.717, 1.165) is 0 Å². The first kappa shape index (κ1) is 53.8. The van der Waals surface area contributed by atoms with Gasteiger partial charge in [-0.1, -0.05) is 85.2 Å². The summed E-state index contributed by atoms with van der Waals surface area (Å²) in [6.45, 7) is 15.5. The lowest BCUT2D eigenvalue weighted by molar-refractivity contribution is -0.148. The average molecular weight is 875 g/mol. The van der Waals surface area contributed by atoms with Crippen LogP contribution in [0.25, 0.3) is 0 Å². The van der Waals surface area contributed by atoms with E-state index >= 15 is 0 Å². The van der Waals surface area contributed by atoms with Crippen molar-refractivity contribution in [2.75, 3.05) is 41.4 Å². The number of amides is 7. The van der Waals surface area contributed by atoms with E-state index < -0.39 is 78.3 Å². The van der Waals surface area contributed by atoms with E-state index in [1.165, 1.54) is 26.2 Å². The molecule has 1 heterocycles. The zero-order valence-electron chi connectivity index (χ0n) is 39.3. The van der Waals surface area contributed by atoms with Crippen LogP contribution in [-0.2, 0) is 33.4 Å². The Labute approximate surface area is 369 Å². The van der Waals surface area contributed by atoms with Crippen molar-refractivity contribution in [2.24, 2.45) is 35.1 Å². The molecule has 1 aromatic carbocycles. The molecule has 0 saturated carbocycles. The van der Waals surface area contributed by atoms with Crippen molar-refractivity contribution in [1.82, 2.24) is 30.7 Å². The molecular formula is C45H78N8O9. The molecule has 17 nitrogen and oxygen atoms in total. The van der Waals surface area contributed by atoms with Gasteiger partial charge in [-0.05, 0) is 55.9 Å². The molecule has 17 heteroatoms. The highest BCUT2D eigenvalue weighted by atomic mass is 16.5. The summed E-state index contributed by atoms with van der Waals surface area (Å²) in [6, 6.07) is 4.08. The van der Waals surface area contributed by atoms with Gasteiger partial charge < -0.3 is 56.7 Å². The van der Waals surface area contributed by atoms with E-state index in [-0.39, 0.29) is 54.9 Å². The number of likely N-dealkylation sites (N-methyl/N-ethyl adjacent to an activating group) is 2. The van der Waals surface area contributed by atoms with E-state index in [1.807, 2.05) is 59.7 Å². The highest BCUT2D eigenvalue weighted by Gasteiger charge is 2.44. The van der Waals surface area contributed by atoms with Crippen molar-refractivity contribution in [1.29, 1.82) is 0 Å². The summed E-state index contributed by atoms with van der Waals surface area (Å²) in [6.07, 6.45) is 0.385. The maximum atomic E-state index is 14.5. The summed E-state index contributed by atoms with van der Waals surface area (Å²) < 4.78 is 12.0. The van der Waals surface area contributed by atoms with E-state index in [9.17, 15) is 33.9 Å². The predicted molar refractivity (Wildman–Crippen MR) is 238 cm³/mol. The summed E-state index contributed by atoms with van der Waals surface area (Å²) in [5.41, 5.74) is 12.0. The number of benzene rings is 1. The van der Waals surface area contributed by atoms with E-state index in [1.54, 1.807) is 42.8 Å². The van der Waals surface area contributed by atoms with Crippen LogP contribution in [0, 0.1) is 23.7 Å². The highest BCUT2D eigenvalue weighted by molar-refractivity contribution is 5.93. The number of aliphatic hydroxyl groups excluding tert-OH is 1. The Morgan fingerprint density at radius 1 is 0.887 bits per heavy atom. The molecule has 0 unspecified atom stereocenters. The Morgan fingerprint density at radius 3 is 2.05 bits per heavy atom.